The maximum Gasteiger partial charge on any atom is 0.413 e. The topological polar surface area (TPSA) is 131 Å². The first-order valence-electron chi connectivity index (χ1n) is 6.89. The molecule has 0 fully saturated rings. The summed E-state index contributed by atoms with van der Waals surface area (Å²) in [5.74, 6) is 1.24. The molecule has 0 saturated carbocycles. The van der Waals surface area contributed by atoms with Crippen molar-refractivity contribution in [3.8, 4) is 0 Å². The number of thiol groups is 1. The fourth-order valence-corrected chi connectivity index (χ4v) is 5.47. The molecule has 0 aromatic rings. The smallest absolute Gasteiger partial charge is 0.324 e. The van der Waals surface area contributed by atoms with E-state index in [2.05, 4.69) is 17.6 Å². The van der Waals surface area contributed by atoms with Crippen LogP contribution < -0.4 is 0 Å². The summed E-state index contributed by atoms with van der Waals surface area (Å²) >= 11 is 4.15. The van der Waals surface area contributed by atoms with Gasteiger partial charge in [0.25, 0.3) is 0 Å². The summed E-state index contributed by atoms with van der Waals surface area (Å²) in [5.41, 5.74) is -1.04. The molecule has 1 rings (SSSR count). The molecule has 0 bridgehead atoms. The quantitative estimate of drug-likeness (QED) is 0.219. The van der Waals surface area contributed by atoms with Gasteiger partial charge in [-0.25, -0.2) is 0 Å². The van der Waals surface area contributed by atoms with Gasteiger partial charge in [-0.05, 0) is 37.4 Å². The molecular formula is C11H24NO6P2S+. The van der Waals surface area contributed by atoms with Crippen LogP contribution in [0, 0.1) is 5.92 Å². The Balaban J connectivity index is 2.67. The molecule has 2 unspecified atom stereocenters. The highest BCUT2D eigenvalue weighted by Crippen LogP contribution is 2.56. The number of unbranched alkanes of at least 4 members (excludes halogenated alkanes) is 1. The first kappa shape index (κ1) is 19.5. The Kier molecular flexibility index (Phi) is 7.78. The molecule has 124 valence electrons. The largest absolute Gasteiger partial charge is 0.413 e. The van der Waals surface area contributed by atoms with Gasteiger partial charge in [-0.1, -0.05) is 6.42 Å². The Hall–Kier alpha value is 0.480. The van der Waals surface area contributed by atoms with E-state index in [0.29, 0.717) is 24.6 Å². The summed E-state index contributed by atoms with van der Waals surface area (Å²) in [5, 5.41) is 0. The Labute approximate surface area is 130 Å². The van der Waals surface area contributed by atoms with Crippen molar-refractivity contribution >= 4 is 33.9 Å². The minimum atomic E-state index is -4.46. The predicted molar refractivity (Wildman–Crippen MR) is 87.0 cm³/mol. The van der Waals surface area contributed by atoms with E-state index in [1.54, 1.807) is 0 Å². The van der Waals surface area contributed by atoms with Crippen molar-refractivity contribution in [2.75, 3.05) is 18.5 Å². The lowest BCUT2D eigenvalue weighted by atomic mass is 9.92. The monoisotopic (exact) mass is 360 g/mol. The van der Waals surface area contributed by atoms with Crippen LogP contribution in [0.1, 0.15) is 32.1 Å². The third-order valence-corrected chi connectivity index (χ3v) is 6.36. The van der Waals surface area contributed by atoms with Gasteiger partial charge in [-0.3, -0.25) is 9.56 Å². The average molecular weight is 360 g/mol. The van der Waals surface area contributed by atoms with Crippen molar-refractivity contribution in [1.29, 1.82) is 0 Å². The Morgan fingerprint density at radius 2 is 2.00 bits per heavy atom. The lowest BCUT2D eigenvalue weighted by Crippen LogP contribution is -2.31. The molecule has 0 aromatic carbocycles. The summed E-state index contributed by atoms with van der Waals surface area (Å²) in [7, 11) is -8.83. The summed E-state index contributed by atoms with van der Waals surface area (Å²) in [6.07, 6.45) is 3.53. The van der Waals surface area contributed by atoms with Gasteiger partial charge < -0.3 is 9.79 Å². The van der Waals surface area contributed by atoms with Crippen LogP contribution in [0.2, 0.25) is 0 Å². The van der Waals surface area contributed by atoms with Gasteiger partial charge in [0.15, 0.2) is 5.66 Å². The minimum Gasteiger partial charge on any atom is -0.324 e. The van der Waals surface area contributed by atoms with E-state index in [9.17, 15) is 19.2 Å². The van der Waals surface area contributed by atoms with Crippen molar-refractivity contribution in [1.82, 2.24) is 0 Å². The average Bonchev–Trinajstić information content (AvgIpc) is 2.35. The molecule has 2 atom stereocenters. The van der Waals surface area contributed by atoms with Crippen LogP contribution >= 0.6 is 28.2 Å². The molecule has 7 nitrogen and oxygen atoms in total. The van der Waals surface area contributed by atoms with Crippen LogP contribution in [0.25, 0.3) is 0 Å². The summed E-state index contributed by atoms with van der Waals surface area (Å²) < 4.78 is 11.1. The van der Waals surface area contributed by atoms with Crippen LogP contribution in [0.5, 0.6) is 0 Å². The highest BCUT2D eigenvalue weighted by molar-refractivity contribution is 7.80. The van der Waals surface area contributed by atoms with E-state index >= 15 is 0 Å². The summed E-state index contributed by atoms with van der Waals surface area (Å²) in [6, 6.07) is 0. The number of rotatable bonds is 8. The molecule has 0 amide bonds. The van der Waals surface area contributed by atoms with Gasteiger partial charge in [0.2, 0.25) is 0 Å². The fourth-order valence-electron chi connectivity index (χ4n) is 2.46. The van der Waals surface area contributed by atoms with E-state index in [1.807, 2.05) is 0 Å². The van der Waals surface area contributed by atoms with Crippen molar-refractivity contribution in [3.63, 3.8) is 0 Å². The van der Waals surface area contributed by atoms with Crippen molar-refractivity contribution in [3.05, 3.63) is 0 Å². The molecule has 1 aliphatic rings. The van der Waals surface area contributed by atoms with Gasteiger partial charge in [0.1, 0.15) is 0 Å². The second-order valence-corrected chi connectivity index (χ2v) is 9.43. The summed E-state index contributed by atoms with van der Waals surface area (Å²) in [6.45, 7) is 0.500. The van der Waals surface area contributed by atoms with Crippen molar-refractivity contribution < 1.29 is 29.0 Å². The molecule has 1 aliphatic heterocycles. The molecular weight excluding hydrogens is 336 g/mol. The highest BCUT2D eigenvalue weighted by atomic mass is 32.1. The van der Waals surface area contributed by atoms with Crippen LogP contribution in [-0.4, -0.2) is 54.3 Å². The molecule has 0 aromatic heterocycles. The SMILES string of the molecule is O=P(O)(O)CC(C1=NCC(CCCCS)CC1)[P+](O)(O)O. The number of nitrogens with zero attached hydrogens (tertiary/aromatic N) is 1. The second kappa shape index (κ2) is 8.37. The first-order valence-corrected chi connectivity index (χ1v) is 11.0. The second-order valence-electron chi connectivity index (χ2n) is 5.43. The van der Waals surface area contributed by atoms with Crippen molar-refractivity contribution in [2.45, 2.75) is 37.8 Å². The molecule has 0 radical (unpaired) electrons. The zero-order valence-corrected chi connectivity index (χ0v) is 14.4. The van der Waals surface area contributed by atoms with Gasteiger partial charge >= 0.3 is 15.5 Å². The maximum absolute atomic E-state index is 11.1. The minimum absolute atomic E-state index is 0.310. The fraction of sp³-hybridized carbons (Fsp3) is 0.909. The van der Waals surface area contributed by atoms with Crippen LogP contribution in [0.4, 0.5) is 0 Å². The molecule has 0 aliphatic carbocycles. The Bertz CT molecular complexity index is 408. The Morgan fingerprint density at radius 3 is 2.43 bits per heavy atom. The standard InChI is InChI=1S/C11H23NO6P2S/c13-19(14,15)8-11(20(16,17)18)10-5-4-9(7-12-10)3-1-2-6-21/h9,11,16-18H,1-8H2,(H2-,13,14,15,21)/p+1. The lowest BCUT2D eigenvalue weighted by Gasteiger charge is -2.25. The zero-order chi connectivity index (χ0) is 16.1. The molecule has 1 heterocycles. The third kappa shape index (κ3) is 7.53. The van der Waals surface area contributed by atoms with E-state index < -0.39 is 27.4 Å². The maximum atomic E-state index is 11.1. The highest BCUT2D eigenvalue weighted by Gasteiger charge is 2.49. The molecule has 10 heteroatoms. The number of hydrogen-bond acceptors (Lipinski definition) is 6. The van der Waals surface area contributed by atoms with E-state index in [4.69, 9.17) is 9.79 Å². The first-order chi connectivity index (χ1) is 9.63. The normalized spacial score (nSPS) is 22.0. The van der Waals surface area contributed by atoms with Crippen LogP contribution in [0.15, 0.2) is 4.99 Å². The predicted octanol–water partition coefficient (Wildman–Crippen LogP) is 1.22. The van der Waals surface area contributed by atoms with Crippen LogP contribution in [-0.2, 0) is 4.57 Å². The van der Waals surface area contributed by atoms with Crippen LogP contribution in [0.3, 0.4) is 0 Å². The van der Waals surface area contributed by atoms with Gasteiger partial charge in [0.05, 0.1) is 11.9 Å². The van der Waals surface area contributed by atoms with Gasteiger partial charge in [0, 0.05) is 6.54 Å². The molecule has 21 heavy (non-hydrogen) atoms. The van der Waals surface area contributed by atoms with E-state index in [1.165, 1.54) is 0 Å². The Morgan fingerprint density at radius 1 is 1.33 bits per heavy atom. The molecule has 0 spiro atoms. The number of hydrogen-bond donors (Lipinski definition) is 6. The van der Waals surface area contributed by atoms with Crippen molar-refractivity contribution in [2.24, 2.45) is 10.9 Å². The third-order valence-electron chi connectivity index (χ3n) is 3.60. The number of aliphatic imine (C=N–C) groups is 1. The van der Waals surface area contributed by atoms with Gasteiger partial charge in [-0.15, -0.1) is 0 Å². The molecule has 0 saturated heterocycles. The summed E-state index contributed by atoms with van der Waals surface area (Å²) in [4.78, 5) is 50.5. The zero-order valence-electron chi connectivity index (χ0n) is 11.7. The molecule has 5 N–H and O–H groups in total. The van der Waals surface area contributed by atoms with Gasteiger partial charge in [-0.2, -0.15) is 27.3 Å². The lowest BCUT2D eigenvalue weighted by molar-refractivity contribution is 0.319. The van der Waals surface area contributed by atoms with E-state index in [0.717, 1.165) is 31.4 Å². The van der Waals surface area contributed by atoms with E-state index in [-0.39, 0.29) is 0 Å².